The third-order valence-corrected chi connectivity index (χ3v) is 1.77. The second-order valence-corrected chi connectivity index (χ2v) is 2.76. The quantitative estimate of drug-likeness (QED) is 0.782. The number of hydrogen-bond donors (Lipinski definition) is 1. The van der Waals surface area contributed by atoms with E-state index < -0.39 is 6.09 Å². The summed E-state index contributed by atoms with van der Waals surface area (Å²) in [5.74, 6) is 0.533. The number of hydrogen-bond acceptors (Lipinski definition) is 4. The van der Waals surface area contributed by atoms with Crippen molar-refractivity contribution in [1.82, 2.24) is 4.98 Å². The van der Waals surface area contributed by atoms with E-state index in [4.69, 9.17) is 10.5 Å². The standard InChI is InChI=1S/C9H12N2O3/c1-6-3-8(13-2)11-4-7(6)5-14-9(10)12/h3-4H,5H2,1-2H3,(H2,10,12). The molecule has 0 aromatic carbocycles. The summed E-state index contributed by atoms with van der Waals surface area (Å²) in [5, 5.41) is 0. The number of nitrogens with zero attached hydrogens (tertiary/aromatic N) is 1. The maximum absolute atomic E-state index is 10.4. The van der Waals surface area contributed by atoms with Crippen molar-refractivity contribution in [1.29, 1.82) is 0 Å². The first-order chi connectivity index (χ1) is 6.63. The number of pyridine rings is 1. The molecule has 1 aromatic rings. The van der Waals surface area contributed by atoms with Crippen LogP contribution in [0.1, 0.15) is 11.1 Å². The van der Waals surface area contributed by atoms with Crippen LogP contribution in [0.4, 0.5) is 4.79 Å². The van der Waals surface area contributed by atoms with Gasteiger partial charge in [-0.1, -0.05) is 0 Å². The third-order valence-electron chi connectivity index (χ3n) is 1.77. The number of carbonyl (C=O) groups excluding carboxylic acids is 1. The van der Waals surface area contributed by atoms with Gasteiger partial charge in [0.25, 0.3) is 0 Å². The van der Waals surface area contributed by atoms with Crippen molar-refractivity contribution >= 4 is 6.09 Å². The molecule has 2 N–H and O–H groups in total. The van der Waals surface area contributed by atoms with Gasteiger partial charge in [0, 0.05) is 17.8 Å². The highest BCUT2D eigenvalue weighted by Gasteiger charge is 2.03. The highest BCUT2D eigenvalue weighted by Crippen LogP contribution is 2.13. The van der Waals surface area contributed by atoms with E-state index in [-0.39, 0.29) is 6.61 Å². The molecule has 0 fully saturated rings. The number of ether oxygens (including phenoxy) is 2. The minimum Gasteiger partial charge on any atom is -0.481 e. The Morgan fingerprint density at radius 2 is 2.36 bits per heavy atom. The van der Waals surface area contributed by atoms with Crippen LogP contribution in [0.3, 0.4) is 0 Å². The topological polar surface area (TPSA) is 74.4 Å². The lowest BCUT2D eigenvalue weighted by molar-refractivity contribution is 0.150. The smallest absolute Gasteiger partial charge is 0.404 e. The molecule has 0 bridgehead atoms. The summed E-state index contributed by atoms with van der Waals surface area (Å²) in [4.78, 5) is 14.3. The van der Waals surface area contributed by atoms with Gasteiger partial charge >= 0.3 is 6.09 Å². The number of carbonyl (C=O) groups is 1. The summed E-state index contributed by atoms with van der Waals surface area (Å²) < 4.78 is 9.57. The number of nitrogens with two attached hydrogens (primary N) is 1. The number of primary amides is 1. The molecular weight excluding hydrogens is 184 g/mol. The van der Waals surface area contributed by atoms with Crippen LogP contribution < -0.4 is 10.5 Å². The fraction of sp³-hybridized carbons (Fsp3) is 0.333. The lowest BCUT2D eigenvalue weighted by atomic mass is 10.2. The Kier molecular flexibility index (Phi) is 3.28. The molecule has 0 saturated carbocycles. The van der Waals surface area contributed by atoms with Crippen LogP contribution in [0.15, 0.2) is 12.3 Å². The van der Waals surface area contributed by atoms with Gasteiger partial charge in [0.2, 0.25) is 5.88 Å². The summed E-state index contributed by atoms with van der Waals surface area (Å²) >= 11 is 0. The lowest BCUT2D eigenvalue weighted by Gasteiger charge is -2.06. The van der Waals surface area contributed by atoms with Crippen molar-refractivity contribution in [2.24, 2.45) is 5.73 Å². The Morgan fingerprint density at radius 3 is 2.86 bits per heavy atom. The zero-order chi connectivity index (χ0) is 10.6. The molecule has 0 aliphatic rings. The molecule has 0 unspecified atom stereocenters. The van der Waals surface area contributed by atoms with Gasteiger partial charge in [0.15, 0.2) is 0 Å². The first kappa shape index (κ1) is 10.3. The van der Waals surface area contributed by atoms with E-state index in [0.29, 0.717) is 5.88 Å². The van der Waals surface area contributed by atoms with Crippen LogP contribution in [0.2, 0.25) is 0 Å². The Balaban J connectivity index is 2.73. The van der Waals surface area contributed by atoms with Crippen molar-refractivity contribution in [3.63, 3.8) is 0 Å². The molecule has 5 heteroatoms. The van der Waals surface area contributed by atoms with Crippen molar-refractivity contribution in [2.75, 3.05) is 7.11 Å². The molecular formula is C9H12N2O3. The molecule has 5 nitrogen and oxygen atoms in total. The van der Waals surface area contributed by atoms with E-state index in [9.17, 15) is 4.79 Å². The highest BCUT2D eigenvalue weighted by atomic mass is 16.5. The Hall–Kier alpha value is -1.78. The van der Waals surface area contributed by atoms with Crippen LogP contribution >= 0.6 is 0 Å². The average Bonchev–Trinajstić information content (AvgIpc) is 2.15. The average molecular weight is 196 g/mol. The molecule has 0 atom stereocenters. The highest BCUT2D eigenvalue weighted by molar-refractivity contribution is 5.64. The maximum atomic E-state index is 10.4. The molecule has 0 radical (unpaired) electrons. The number of methoxy groups -OCH3 is 1. The first-order valence-corrected chi connectivity index (χ1v) is 4.05. The molecule has 0 spiro atoms. The second kappa shape index (κ2) is 4.45. The van der Waals surface area contributed by atoms with E-state index in [2.05, 4.69) is 9.72 Å². The zero-order valence-electron chi connectivity index (χ0n) is 8.11. The molecule has 0 aliphatic heterocycles. The van der Waals surface area contributed by atoms with Crippen LogP contribution in [-0.2, 0) is 11.3 Å². The van der Waals surface area contributed by atoms with Gasteiger partial charge in [-0.2, -0.15) is 0 Å². The third kappa shape index (κ3) is 2.62. The van der Waals surface area contributed by atoms with Crippen molar-refractivity contribution in [3.8, 4) is 5.88 Å². The van der Waals surface area contributed by atoms with Crippen LogP contribution in [-0.4, -0.2) is 18.2 Å². The minimum atomic E-state index is -0.791. The molecule has 1 aromatic heterocycles. The Labute approximate surface area is 81.8 Å². The number of amides is 1. The van der Waals surface area contributed by atoms with Crippen LogP contribution in [0.25, 0.3) is 0 Å². The fourth-order valence-corrected chi connectivity index (χ4v) is 0.970. The normalized spacial score (nSPS) is 9.57. The molecule has 0 saturated heterocycles. The largest absolute Gasteiger partial charge is 0.481 e. The maximum Gasteiger partial charge on any atom is 0.404 e. The molecule has 76 valence electrons. The van der Waals surface area contributed by atoms with E-state index in [1.807, 2.05) is 6.92 Å². The van der Waals surface area contributed by atoms with Crippen molar-refractivity contribution in [3.05, 3.63) is 23.4 Å². The fourth-order valence-electron chi connectivity index (χ4n) is 0.970. The van der Waals surface area contributed by atoms with Gasteiger partial charge in [0.1, 0.15) is 6.61 Å². The van der Waals surface area contributed by atoms with E-state index in [0.717, 1.165) is 11.1 Å². The minimum absolute atomic E-state index is 0.137. The van der Waals surface area contributed by atoms with Gasteiger partial charge in [0.05, 0.1) is 7.11 Å². The molecule has 0 aliphatic carbocycles. The molecule has 1 amide bonds. The van der Waals surface area contributed by atoms with E-state index >= 15 is 0 Å². The van der Waals surface area contributed by atoms with Gasteiger partial charge in [-0.15, -0.1) is 0 Å². The second-order valence-electron chi connectivity index (χ2n) is 2.76. The summed E-state index contributed by atoms with van der Waals surface area (Å²) in [6.45, 7) is 2.02. The van der Waals surface area contributed by atoms with Crippen molar-refractivity contribution < 1.29 is 14.3 Å². The number of aryl methyl sites for hydroxylation is 1. The van der Waals surface area contributed by atoms with Gasteiger partial charge < -0.3 is 15.2 Å². The van der Waals surface area contributed by atoms with Gasteiger partial charge in [-0.3, -0.25) is 0 Å². The summed E-state index contributed by atoms with van der Waals surface area (Å²) in [7, 11) is 1.54. The first-order valence-electron chi connectivity index (χ1n) is 4.05. The molecule has 1 rings (SSSR count). The summed E-state index contributed by atoms with van der Waals surface area (Å²) in [6.07, 6.45) is 0.803. The zero-order valence-corrected chi connectivity index (χ0v) is 8.11. The monoisotopic (exact) mass is 196 g/mol. The molecule has 1 heterocycles. The predicted octanol–water partition coefficient (Wildman–Crippen LogP) is 0.994. The van der Waals surface area contributed by atoms with Crippen LogP contribution in [0, 0.1) is 6.92 Å². The van der Waals surface area contributed by atoms with Crippen LogP contribution in [0.5, 0.6) is 5.88 Å². The summed E-state index contributed by atoms with van der Waals surface area (Å²) in [5.41, 5.74) is 6.59. The Morgan fingerprint density at radius 1 is 1.64 bits per heavy atom. The number of aromatic nitrogens is 1. The van der Waals surface area contributed by atoms with E-state index in [1.165, 1.54) is 0 Å². The van der Waals surface area contributed by atoms with Gasteiger partial charge in [-0.25, -0.2) is 9.78 Å². The van der Waals surface area contributed by atoms with E-state index in [1.54, 1.807) is 19.4 Å². The lowest BCUT2D eigenvalue weighted by Crippen LogP contribution is -2.13. The summed E-state index contributed by atoms with van der Waals surface area (Å²) in [6, 6.07) is 1.76. The van der Waals surface area contributed by atoms with Gasteiger partial charge in [-0.05, 0) is 12.5 Å². The Bertz CT molecular complexity index is 339. The molecule has 14 heavy (non-hydrogen) atoms. The predicted molar refractivity (Wildman–Crippen MR) is 49.9 cm³/mol. The van der Waals surface area contributed by atoms with Crippen molar-refractivity contribution in [2.45, 2.75) is 13.5 Å². The SMILES string of the molecule is COc1cc(C)c(COC(N)=O)cn1. The number of rotatable bonds is 3.